The summed E-state index contributed by atoms with van der Waals surface area (Å²) >= 11 is 0. The fourth-order valence-corrected chi connectivity index (χ4v) is 2.25. The second-order valence-corrected chi connectivity index (χ2v) is 5.20. The van der Waals surface area contributed by atoms with Crippen LogP contribution in [-0.4, -0.2) is 32.1 Å². The average molecular weight is 349 g/mol. The highest BCUT2D eigenvalue weighted by Crippen LogP contribution is 2.15. The van der Waals surface area contributed by atoms with Crippen molar-refractivity contribution in [3.05, 3.63) is 65.2 Å². The van der Waals surface area contributed by atoms with Crippen LogP contribution in [0.5, 0.6) is 5.75 Å². The second-order valence-electron chi connectivity index (χ2n) is 5.20. The summed E-state index contributed by atoms with van der Waals surface area (Å²) in [5, 5.41) is 2.38. The summed E-state index contributed by atoms with van der Waals surface area (Å²) in [6.07, 6.45) is 0.124. The maximum atomic E-state index is 13.7. The molecule has 0 heterocycles. The number of esters is 1. The van der Waals surface area contributed by atoms with E-state index in [4.69, 9.17) is 4.74 Å². The van der Waals surface area contributed by atoms with E-state index < -0.39 is 35.1 Å². The molecule has 0 radical (unpaired) electrons. The van der Waals surface area contributed by atoms with Crippen molar-refractivity contribution in [3.8, 4) is 5.75 Å². The van der Waals surface area contributed by atoms with E-state index in [-0.39, 0.29) is 6.42 Å². The Morgan fingerprint density at radius 3 is 2.36 bits per heavy atom. The highest BCUT2D eigenvalue weighted by atomic mass is 19.2. The number of carbonyl (C=O) groups is 2. The Hall–Kier alpha value is -2.96. The summed E-state index contributed by atoms with van der Waals surface area (Å²) in [4.78, 5) is 24.1. The minimum atomic E-state index is -1.27. The highest BCUT2D eigenvalue weighted by molar-refractivity contribution is 5.97. The molecule has 7 heteroatoms. The van der Waals surface area contributed by atoms with Crippen molar-refractivity contribution in [1.29, 1.82) is 0 Å². The molecule has 2 aromatic carbocycles. The normalized spacial score (nSPS) is 11.5. The molecule has 0 aliphatic rings. The van der Waals surface area contributed by atoms with Gasteiger partial charge < -0.3 is 14.8 Å². The molecule has 0 aromatic heterocycles. The van der Waals surface area contributed by atoms with E-state index in [0.29, 0.717) is 5.75 Å². The van der Waals surface area contributed by atoms with Gasteiger partial charge in [0.25, 0.3) is 5.91 Å². The second kappa shape index (κ2) is 8.23. The zero-order valence-electron chi connectivity index (χ0n) is 13.7. The van der Waals surface area contributed by atoms with Gasteiger partial charge in [-0.05, 0) is 29.8 Å². The number of hydrogen-bond donors (Lipinski definition) is 1. The van der Waals surface area contributed by atoms with E-state index in [1.165, 1.54) is 20.3 Å². The standard InChI is InChI=1S/C18H17F2NO4/c1-24-12-8-6-11(7-9-12)10-15(18(23)25-2)21-17(22)13-4-3-5-14(19)16(13)20/h3-9,15H,10H2,1-2H3,(H,21,22)/t15-/m0/s1. The molecular formula is C18H17F2NO4. The third kappa shape index (κ3) is 4.53. The topological polar surface area (TPSA) is 64.6 Å². The summed E-state index contributed by atoms with van der Waals surface area (Å²) in [6, 6.07) is 9.07. The van der Waals surface area contributed by atoms with Gasteiger partial charge >= 0.3 is 5.97 Å². The molecule has 2 rings (SSSR count). The van der Waals surface area contributed by atoms with E-state index in [9.17, 15) is 18.4 Å². The molecule has 25 heavy (non-hydrogen) atoms. The zero-order chi connectivity index (χ0) is 18.4. The lowest BCUT2D eigenvalue weighted by molar-refractivity contribution is -0.142. The highest BCUT2D eigenvalue weighted by Gasteiger charge is 2.24. The Kier molecular flexibility index (Phi) is 6.05. The van der Waals surface area contributed by atoms with E-state index >= 15 is 0 Å². The fraction of sp³-hybridized carbons (Fsp3) is 0.222. The van der Waals surface area contributed by atoms with Gasteiger partial charge in [0, 0.05) is 6.42 Å². The fourth-order valence-electron chi connectivity index (χ4n) is 2.25. The Bertz CT molecular complexity index is 762. The predicted molar refractivity (Wildman–Crippen MR) is 86.3 cm³/mol. The number of rotatable bonds is 6. The van der Waals surface area contributed by atoms with E-state index in [2.05, 4.69) is 10.1 Å². The molecule has 1 N–H and O–H groups in total. The molecule has 0 fully saturated rings. The van der Waals surface area contributed by atoms with Gasteiger partial charge in [-0.2, -0.15) is 0 Å². The van der Waals surface area contributed by atoms with Crippen LogP contribution in [0.25, 0.3) is 0 Å². The summed E-state index contributed by atoms with van der Waals surface area (Å²) in [6.45, 7) is 0. The molecule has 0 saturated heterocycles. The molecule has 0 aliphatic heterocycles. The molecule has 5 nitrogen and oxygen atoms in total. The number of amides is 1. The minimum absolute atomic E-state index is 0.124. The monoisotopic (exact) mass is 349 g/mol. The number of ether oxygens (including phenoxy) is 2. The van der Waals surface area contributed by atoms with Crippen LogP contribution in [0, 0.1) is 11.6 Å². The Morgan fingerprint density at radius 1 is 1.08 bits per heavy atom. The van der Waals surface area contributed by atoms with Gasteiger partial charge in [0.2, 0.25) is 0 Å². The predicted octanol–water partition coefficient (Wildman–Crippen LogP) is 2.49. The first-order valence-electron chi connectivity index (χ1n) is 7.42. The average Bonchev–Trinajstić information content (AvgIpc) is 2.63. The van der Waals surface area contributed by atoms with E-state index in [0.717, 1.165) is 17.7 Å². The van der Waals surface area contributed by atoms with Gasteiger partial charge in [0.1, 0.15) is 11.8 Å². The Labute approximate surface area is 143 Å². The van der Waals surface area contributed by atoms with Crippen LogP contribution in [0.15, 0.2) is 42.5 Å². The van der Waals surface area contributed by atoms with Crippen LogP contribution in [0.4, 0.5) is 8.78 Å². The Morgan fingerprint density at radius 2 is 1.76 bits per heavy atom. The number of nitrogens with one attached hydrogen (secondary N) is 1. The third-order valence-corrected chi connectivity index (χ3v) is 3.59. The maximum absolute atomic E-state index is 13.7. The van der Waals surface area contributed by atoms with Crippen molar-refractivity contribution >= 4 is 11.9 Å². The summed E-state index contributed by atoms with van der Waals surface area (Å²) in [5.41, 5.74) is 0.250. The number of halogens is 2. The molecule has 0 unspecified atom stereocenters. The zero-order valence-corrected chi connectivity index (χ0v) is 13.7. The smallest absolute Gasteiger partial charge is 0.328 e. The third-order valence-electron chi connectivity index (χ3n) is 3.59. The van der Waals surface area contributed by atoms with Gasteiger partial charge in [0.05, 0.1) is 19.8 Å². The van der Waals surface area contributed by atoms with Gasteiger partial charge in [0.15, 0.2) is 11.6 Å². The van der Waals surface area contributed by atoms with Gasteiger partial charge in [-0.3, -0.25) is 4.79 Å². The number of hydrogen-bond acceptors (Lipinski definition) is 4. The lowest BCUT2D eigenvalue weighted by Crippen LogP contribution is -2.43. The van der Waals surface area contributed by atoms with Crippen molar-refractivity contribution in [3.63, 3.8) is 0 Å². The first-order chi connectivity index (χ1) is 12.0. The maximum Gasteiger partial charge on any atom is 0.328 e. The van der Waals surface area contributed by atoms with E-state index in [1.54, 1.807) is 24.3 Å². The molecule has 2 aromatic rings. The van der Waals surface area contributed by atoms with Crippen molar-refractivity contribution in [2.75, 3.05) is 14.2 Å². The number of methoxy groups -OCH3 is 2. The minimum Gasteiger partial charge on any atom is -0.497 e. The van der Waals surface area contributed by atoms with Crippen LogP contribution < -0.4 is 10.1 Å². The molecular weight excluding hydrogens is 332 g/mol. The van der Waals surface area contributed by atoms with Crippen molar-refractivity contribution in [1.82, 2.24) is 5.32 Å². The first-order valence-corrected chi connectivity index (χ1v) is 7.42. The molecule has 1 atom stereocenters. The van der Waals surface area contributed by atoms with Crippen LogP contribution in [0.1, 0.15) is 15.9 Å². The Balaban J connectivity index is 2.18. The summed E-state index contributed by atoms with van der Waals surface area (Å²) in [7, 11) is 2.71. The van der Waals surface area contributed by atoms with Gasteiger partial charge in [-0.1, -0.05) is 18.2 Å². The van der Waals surface area contributed by atoms with Crippen LogP contribution in [0.2, 0.25) is 0 Å². The van der Waals surface area contributed by atoms with Crippen LogP contribution >= 0.6 is 0 Å². The number of benzene rings is 2. The lowest BCUT2D eigenvalue weighted by Gasteiger charge is -2.17. The SMILES string of the molecule is COC(=O)[C@H](Cc1ccc(OC)cc1)NC(=O)c1cccc(F)c1F. The van der Waals surface area contributed by atoms with E-state index in [1.807, 2.05) is 0 Å². The molecule has 0 aliphatic carbocycles. The van der Waals surface area contributed by atoms with Crippen LogP contribution in [-0.2, 0) is 16.0 Å². The molecule has 0 spiro atoms. The number of carbonyl (C=O) groups excluding carboxylic acids is 2. The van der Waals surface area contributed by atoms with Gasteiger partial charge in [-0.15, -0.1) is 0 Å². The molecule has 1 amide bonds. The first kappa shape index (κ1) is 18.4. The molecule has 0 bridgehead atoms. The van der Waals surface area contributed by atoms with Crippen molar-refractivity contribution in [2.45, 2.75) is 12.5 Å². The lowest BCUT2D eigenvalue weighted by atomic mass is 10.0. The van der Waals surface area contributed by atoms with Gasteiger partial charge in [-0.25, -0.2) is 13.6 Å². The summed E-state index contributed by atoms with van der Waals surface area (Å²) in [5.74, 6) is -3.36. The van der Waals surface area contributed by atoms with Crippen molar-refractivity contribution in [2.24, 2.45) is 0 Å². The largest absolute Gasteiger partial charge is 0.497 e. The quantitative estimate of drug-likeness (QED) is 0.814. The van der Waals surface area contributed by atoms with Crippen molar-refractivity contribution < 1.29 is 27.8 Å². The molecule has 0 saturated carbocycles. The molecule has 132 valence electrons. The van der Waals surface area contributed by atoms with Crippen LogP contribution in [0.3, 0.4) is 0 Å². The summed E-state index contributed by atoms with van der Waals surface area (Å²) < 4.78 is 36.7.